The van der Waals surface area contributed by atoms with Crippen LogP contribution in [0.25, 0.3) is 22.2 Å². The van der Waals surface area contributed by atoms with Crippen molar-refractivity contribution in [3.05, 3.63) is 67.1 Å². The maximum atomic E-state index is 13.8. The summed E-state index contributed by atoms with van der Waals surface area (Å²) < 4.78 is 30.7. The fraction of sp³-hybridized carbons (Fsp3) is 0.192. The Morgan fingerprint density at radius 2 is 2.03 bits per heavy atom. The molecule has 10 heteroatoms. The van der Waals surface area contributed by atoms with Gasteiger partial charge in [0.2, 0.25) is 5.91 Å². The van der Waals surface area contributed by atoms with Gasteiger partial charge in [0.25, 0.3) is 0 Å². The number of benzene rings is 2. The van der Waals surface area contributed by atoms with Crippen LogP contribution in [0.15, 0.2) is 65.8 Å². The normalized spacial score (nSPS) is 10.9. The van der Waals surface area contributed by atoms with Gasteiger partial charge >= 0.3 is 0 Å². The smallest absolute Gasteiger partial charge is 0.247 e. The average Bonchev–Trinajstić information content (AvgIpc) is 3.28. The van der Waals surface area contributed by atoms with Crippen molar-refractivity contribution in [2.45, 2.75) is 0 Å². The Hall–Kier alpha value is -4.44. The van der Waals surface area contributed by atoms with Crippen molar-refractivity contribution in [2.75, 3.05) is 45.0 Å². The maximum Gasteiger partial charge on any atom is 0.247 e. The van der Waals surface area contributed by atoms with Crippen molar-refractivity contribution in [1.82, 2.24) is 15.0 Å². The molecule has 0 saturated heterocycles. The number of carbonyl (C=O) groups excluding carboxylic acids is 1. The second-order valence-corrected chi connectivity index (χ2v) is 8.13. The highest BCUT2D eigenvalue weighted by molar-refractivity contribution is 6.00. The lowest BCUT2D eigenvalue weighted by molar-refractivity contribution is -0.111. The van der Waals surface area contributed by atoms with Gasteiger partial charge in [-0.1, -0.05) is 23.9 Å². The van der Waals surface area contributed by atoms with Crippen LogP contribution < -0.4 is 20.1 Å². The summed E-state index contributed by atoms with van der Waals surface area (Å²) in [7, 11) is 5.41. The van der Waals surface area contributed by atoms with Gasteiger partial charge < -0.3 is 29.5 Å². The minimum atomic E-state index is -0.382. The van der Waals surface area contributed by atoms with Crippen LogP contribution in [0, 0.1) is 5.82 Å². The number of pyridine rings is 1. The Morgan fingerprint density at radius 1 is 1.19 bits per heavy atom. The number of anilines is 3. The number of methoxy groups -OCH3 is 1. The van der Waals surface area contributed by atoms with Gasteiger partial charge in [-0.2, -0.15) is 0 Å². The average molecular weight is 492 g/mol. The monoisotopic (exact) mass is 491 g/mol. The molecule has 0 radical (unpaired) electrons. The first-order valence-corrected chi connectivity index (χ1v) is 11.1. The summed E-state index contributed by atoms with van der Waals surface area (Å²) in [5.74, 6) is 1.05. The van der Waals surface area contributed by atoms with Crippen LogP contribution in [0.3, 0.4) is 0 Å². The van der Waals surface area contributed by atoms with Crippen molar-refractivity contribution in [2.24, 2.45) is 0 Å². The van der Waals surface area contributed by atoms with Gasteiger partial charge in [-0.15, -0.1) is 0 Å². The van der Waals surface area contributed by atoms with Crippen molar-refractivity contribution >= 4 is 34.0 Å². The first-order chi connectivity index (χ1) is 17.4. The summed E-state index contributed by atoms with van der Waals surface area (Å²) in [5, 5.41) is 10.7. The molecule has 2 aromatic carbocycles. The van der Waals surface area contributed by atoms with E-state index in [1.807, 2.05) is 19.0 Å². The largest absolute Gasteiger partial charge is 0.494 e. The molecule has 4 rings (SSSR count). The summed E-state index contributed by atoms with van der Waals surface area (Å²) in [4.78, 5) is 18.4. The Kier molecular flexibility index (Phi) is 7.45. The number of ether oxygens (including phenoxy) is 2. The number of hydrogen-bond donors (Lipinski definition) is 2. The van der Waals surface area contributed by atoms with Crippen molar-refractivity contribution < 1.29 is 23.2 Å². The molecule has 2 aromatic heterocycles. The molecule has 2 N–H and O–H groups in total. The predicted molar refractivity (Wildman–Crippen MR) is 136 cm³/mol. The van der Waals surface area contributed by atoms with E-state index < -0.39 is 0 Å². The SMILES string of the molecule is C=CC(=O)Nc1cc(Nc2cc3c(-c4cccc(F)c4)onc3cn2)c(OC)cc1OCCN(C)C. The molecule has 0 fully saturated rings. The third-order valence-corrected chi connectivity index (χ3v) is 5.25. The number of nitrogens with one attached hydrogen (secondary N) is 2. The van der Waals surface area contributed by atoms with E-state index in [9.17, 15) is 9.18 Å². The standard InChI is InChI=1S/C26H26FN5O4/c1-5-25(33)30-20-13-19(22(34-4)14-23(20)35-10-9-32(2)3)29-24-12-18-21(15-28-24)31-36-26(18)16-7-6-8-17(27)11-16/h5-8,11-15,29H,1,9-10H2,2-4H3,(H,30,33). The first kappa shape index (κ1) is 24.7. The van der Waals surface area contributed by atoms with Crippen LogP contribution in [0.2, 0.25) is 0 Å². The number of aromatic nitrogens is 2. The van der Waals surface area contributed by atoms with Crippen molar-refractivity contribution in [3.63, 3.8) is 0 Å². The molecule has 2 heterocycles. The number of nitrogens with zero attached hydrogens (tertiary/aromatic N) is 3. The number of rotatable bonds is 10. The van der Waals surface area contributed by atoms with Gasteiger partial charge in [-0.3, -0.25) is 4.79 Å². The molecule has 186 valence electrons. The second kappa shape index (κ2) is 10.9. The van der Waals surface area contributed by atoms with E-state index >= 15 is 0 Å². The predicted octanol–water partition coefficient (Wildman–Crippen LogP) is 4.85. The van der Waals surface area contributed by atoms with Gasteiger partial charge in [0, 0.05) is 18.2 Å². The maximum absolute atomic E-state index is 13.8. The third-order valence-electron chi connectivity index (χ3n) is 5.25. The van der Waals surface area contributed by atoms with E-state index in [-0.39, 0.29) is 11.7 Å². The molecule has 0 spiro atoms. The summed E-state index contributed by atoms with van der Waals surface area (Å²) in [6.07, 6.45) is 2.73. The van der Waals surface area contributed by atoms with Crippen LogP contribution in [0.5, 0.6) is 11.5 Å². The number of carbonyl (C=O) groups is 1. The highest BCUT2D eigenvalue weighted by atomic mass is 19.1. The van der Waals surface area contributed by atoms with E-state index in [2.05, 4.69) is 27.4 Å². The minimum Gasteiger partial charge on any atom is -0.494 e. The number of likely N-dealkylation sites (N-methyl/N-ethyl adjacent to an activating group) is 1. The van der Waals surface area contributed by atoms with E-state index in [4.69, 9.17) is 14.0 Å². The molecule has 0 aliphatic rings. The third kappa shape index (κ3) is 5.61. The van der Waals surface area contributed by atoms with Gasteiger partial charge in [0.05, 0.1) is 30.1 Å². The molecule has 0 aliphatic carbocycles. The second-order valence-electron chi connectivity index (χ2n) is 8.13. The zero-order valence-corrected chi connectivity index (χ0v) is 20.2. The summed E-state index contributed by atoms with van der Waals surface area (Å²) in [6.45, 7) is 4.61. The van der Waals surface area contributed by atoms with Gasteiger partial charge in [0.15, 0.2) is 5.76 Å². The Balaban J connectivity index is 1.69. The fourth-order valence-corrected chi connectivity index (χ4v) is 3.46. The van der Waals surface area contributed by atoms with Gasteiger partial charge in [-0.05, 0) is 44.4 Å². The first-order valence-electron chi connectivity index (χ1n) is 11.1. The lowest BCUT2D eigenvalue weighted by atomic mass is 10.1. The van der Waals surface area contributed by atoms with Crippen LogP contribution in [0.1, 0.15) is 0 Å². The van der Waals surface area contributed by atoms with Gasteiger partial charge in [0.1, 0.15) is 35.3 Å². The highest BCUT2D eigenvalue weighted by Gasteiger charge is 2.17. The molecule has 0 bridgehead atoms. The topological polar surface area (TPSA) is 102 Å². The van der Waals surface area contributed by atoms with E-state index in [0.717, 1.165) is 0 Å². The van der Waals surface area contributed by atoms with Crippen molar-refractivity contribution in [3.8, 4) is 22.8 Å². The molecule has 9 nitrogen and oxygen atoms in total. The fourth-order valence-electron chi connectivity index (χ4n) is 3.46. The van der Waals surface area contributed by atoms with Crippen LogP contribution in [0.4, 0.5) is 21.6 Å². The van der Waals surface area contributed by atoms with E-state index in [0.29, 0.717) is 64.1 Å². The van der Waals surface area contributed by atoms with E-state index in [1.165, 1.54) is 25.3 Å². The number of fused-ring (bicyclic) bond motifs is 1. The quantitative estimate of drug-likeness (QED) is 0.304. The summed E-state index contributed by atoms with van der Waals surface area (Å²) in [6, 6.07) is 11.2. The molecular weight excluding hydrogens is 465 g/mol. The number of hydrogen-bond acceptors (Lipinski definition) is 8. The van der Waals surface area contributed by atoms with E-state index in [1.54, 1.807) is 36.5 Å². The van der Waals surface area contributed by atoms with Crippen molar-refractivity contribution in [1.29, 1.82) is 0 Å². The zero-order chi connectivity index (χ0) is 25.7. The minimum absolute atomic E-state index is 0.379. The van der Waals surface area contributed by atoms with Gasteiger partial charge in [-0.25, -0.2) is 9.37 Å². The lowest BCUT2D eigenvalue weighted by Gasteiger charge is -2.18. The number of halogens is 1. The molecule has 0 aliphatic heterocycles. The molecule has 4 aromatic rings. The molecular formula is C26H26FN5O4. The molecule has 1 amide bonds. The molecule has 0 unspecified atom stereocenters. The molecule has 36 heavy (non-hydrogen) atoms. The Morgan fingerprint density at radius 3 is 2.75 bits per heavy atom. The molecule has 0 atom stereocenters. The van der Waals surface area contributed by atoms with Crippen LogP contribution in [-0.4, -0.2) is 55.3 Å². The summed E-state index contributed by atoms with van der Waals surface area (Å²) in [5.41, 5.74) is 2.05. The van der Waals surface area contributed by atoms with Crippen LogP contribution in [-0.2, 0) is 4.79 Å². The highest BCUT2D eigenvalue weighted by Crippen LogP contribution is 2.38. The summed E-state index contributed by atoms with van der Waals surface area (Å²) >= 11 is 0. The molecule has 0 saturated carbocycles. The Bertz CT molecular complexity index is 1400. The number of amides is 1. The zero-order valence-electron chi connectivity index (χ0n) is 20.2. The lowest BCUT2D eigenvalue weighted by Crippen LogP contribution is -2.20. The Labute approximate surface area is 207 Å². The van der Waals surface area contributed by atoms with Crippen LogP contribution >= 0.6 is 0 Å².